The molecule has 42 heavy (non-hydrogen) atoms. The molecule has 0 bridgehead atoms. The molecule has 0 amide bonds. The van der Waals surface area contributed by atoms with Gasteiger partial charge in [-0.25, -0.2) is 9.37 Å². The minimum absolute atomic E-state index is 0.124. The van der Waals surface area contributed by atoms with E-state index >= 15 is 0 Å². The van der Waals surface area contributed by atoms with E-state index in [1.807, 2.05) is 29.2 Å². The number of nitrogens with one attached hydrogen (secondary N) is 1. The van der Waals surface area contributed by atoms with Crippen LogP contribution >= 0.6 is 12.2 Å². The van der Waals surface area contributed by atoms with E-state index < -0.39 is 11.9 Å². The van der Waals surface area contributed by atoms with Gasteiger partial charge in [0.2, 0.25) is 0 Å². The number of hydrogen-bond donors (Lipinski definition) is 2. The number of halogens is 1. The van der Waals surface area contributed by atoms with Crippen molar-refractivity contribution in [2.24, 2.45) is 0 Å². The monoisotopic (exact) mass is 578 g/mol. The Morgan fingerprint density at radius 2 is 1.79 bits per heavy atom. The minimum Gasteiger partial charge on any atom is -0.508 e. The zero-order chi connectivity index (χ0) is 29.4. The van der Waals surface area contributed by atoms with Gasteiger partial charge in [-0.15, -0.1) is 0 Å². The third-order valence-corrected chi connectivity index (χ3v) is 8.94. The predicted octanol–water partition coefficient (Wildman–Crippen LogP) is 8.14. The van der Waals surface area contributed by atoms with Crippen molar-refractivity contribution >= 4 is 28.2 Å². The van der Waals surface area contributed by atoms with E-state index in [9.17, 15) is 9.50 Å². The van der Waals surface area contributed by atoms with Crippen molar-refractivity contribution < 1.29 is 9.50 Å². The van der Waals surface area contributed by atoms with Gasteiger partial charge in [-0.05, 0) is 98.4 Å². The van der Waals surface area contributed by atoms with Crippen LogP contribution in [-0.4, -0.2) is 50.0 Å². The first-order valence-corrected chi connectivity index (χ1v) is 14.8. The molecular weight excluding hydrogens is 543 g/mol. The number of H-pyrrole nitrogens is 1. The molecule has 2 N–H and O–H groups in total. The van der Waals surface area contributed by atoms with Gasteiger partial charge in [0.25, 0.3) is 0 Å². The number of aliphatic hydroxyl groups excluding tert-OH is 1. The van der Waals surface area contributed by atoms with Gasteiger partial charge in [0, 0.05) is 17.7 Å². The second kappa shape index (κ2) is 11.7. The molecule has 5 nitrogen and oxygen atoms in total. The summed E-state index contributed by atoms with van der Waals surface area (Å²) in [6, 6.07) is 22.6. The number of thiocarbonyl (C=S) groups is 1. The summed E-state index contributed by atoms with van der Waals surface area (Å²) in [4.78, 5) is 13.3. The van der Waals surface area contributed by atoms with E-state index in [2.05, 4.69) is 66.0 Å². The number of imidazole rings is 1. The van der Waals surface area contributed by atoms with Crippen molar-refractivity contribution in [1.29, 1.82) is 0 Å². The van der Waals surface area contributed by atoms with E-state index in [0.717, 1.165) is 46.4 Å². The number of likely N-dealkylation sites (tertiary alicyclic amines) is 1. The number of fused-ring (bicyclic) bond motifs is 2. The Morgan fingerprint density at radius 1 is 1.07 bits per heavy atom. The van der Waals surface area contributed by atoms with Gasteiger partial charge in [-0.1, -0.05) is 67.3 Å². The summed E-state index contributed by atoms with van der Waals surface area (Å²) < 4.78 is 13.5. The molecule has 0 saturated carbocycles. The molecule has 6 rings (SSSR count). The molecule has 0 aliphatic carbocycles. The molecule has 4 aromatic rings. The number of allylic oxidation sites excluding steroid dienone is 3. The van der Waals surface area contributed by atoms with Crippen LogP contribution in [0.4, 0.5) is 4.39 Å². The SMILES string of the molecule is C=C(/C(O)=C\C=C(/C)F)[C@@H](c1nc2ccccc2[nH]1)N1Cc2ccc(-c3ccc(C4CCN(C)CC4)cc3)cc2C1=S. The Kier molecular flexibility index (Phi) is 7.80. The lowest BCUT2D eigenvalue weighted by atomic mass is 9.88. The molecule has 214 valence electrons. The lowest BCUT2D eigenvalue weighted by Crippen LogP contribution is -2.31. The molecule has 3 heterocycles. The number of aliphatic hydroxyl groups is 1. The fraction of sp³-hybridized carbons (Fsp3) is 0.257. The van der Waals surface area contributed by atoms with Gasteiger partial charge in [0.1, 0.15) is 22.6 Å². The summed E-state index contributed by atoms with van der Waals surface area (Å²) in [5.74, 6) is 0.698. The van der Waals surface area contributed by atoms with Gasteiger partial charge in [0.05, 0.1) is 16.9 Å². The van der Waals surface area contributed by atoms with E-state index in [1.54, 1.807) is 0 Å². The average Bonchev–Trinajstić information content (AvgIpc) is 3.57. The lowest BCUT2D eigenvalue weighted by Gasteiger charge is -2.29. The van der Waals surface area contributed by atoms with Gasteiger partial charge < -0.3 is 19.9 Å². The third-order valence-electron chi connectivity index (χ3n) is 8.48. The van der Waals surface area contributed by atoms with Gasteiger partial charge in [0.15, 0.2) is 0 Å². The number of hydrogen-bond acceptors (Lipinski definition) is 4. The summed E-state index contributed by atoms with van der Waals surface area (Å²) in [7, 11) is 2.19. The Bertz CT molecular complexity index is 1680. The molecule has 3 aromatic carbocycles. The molecule has 7 heteroatoms. The third kappa shape index (κ3) is 5.54. The van der Waals surface area contributed by atoms with Crippen molar-refractivity contribution in [3.8, 4) is 11.1 Å². The fourth-order valence-corrected chi connectivity index (χ4v) is 6.40. The quantitative estimate of drug-likeness (QED) is 0.132. The minimum atomic E-state index is -0.570. The maximum atomic E-state index is 13.5. The number of aromatic nitrogens is 2. The number of piperidine rings is 1. The molecule has 1 atom stereocenters. The Balaban J connectivity index is 1.30. The van der Waals surface area contributed by atoms with Crippen molar-refractivity contribution in [1.82, 2.24) is 19.8 Å². The standard InChI is InChI=1S/C35H35FN4OS/c1-22(36)8-15-32(41)23(2)33(34-37-30-6-4-5-7-31(30)38-34)40-21-28-14-13-27(20-29(28)35(40)42)25-11-9-24(10-12-25)26-16-18-39(3)19-17-26/h4-15,20,26,33,41H,2,16-19,21H2,1,3H3,(H,37,38)/b22-8+,32-15+/t33-/m0/s1. The molecule has 1 saturated heterocycles. The van der Waals surface area contributed by atoms with Crippen LogP contribution in [0.1, 0.15) is 54.2 Å². The summed E-state index contributed by atoms with van der Waals surface area (Å²) >= 11 is 6.06. The Labute approximate surface area is 251 Å². The molecule has 0 unspecified atom stereocenters. The molecular formula is C35H35FN4OS. The highest BCUT2D eigenvalue weighted by Crippen LogP contribution is 2.39. The van der Waals surface area contributed by atoms with Crippen molar-refractivity contribution in [2.75, 3.05) is 20.1 Å². The van der Waals surface area contributed by atoms with Crippen LogP contribution in [0.2, 0.25) is 0 Å². The predicted molar refractivity (Wildman–Crippen MR) is 172 cm³/mol. The summed E-state index contributed by atoms with van der Waals surface area (Å²) in [6.07, 6.45) is 4.94. The highest BCUT2D eigenvalue weighted by atomic mass is 32.1. The normalized spacial score (nSPS) is 17.6. The zero-order valence-electron chi connectivity index (χ0n) is 24.0. The van der Waals surface area contributed by atoms with Gasteiger partial charge in [-0.3, -0.25) is 0 Å². The topological polar surface area (TPSA) is 55.4 Å². The molecule has 0 spiro atoms. The summed E-state index contributed by atoms with van der Waals surface area (Å²) in [5, 5.41) is 10.9. The van der Waals surface area contributed by atoms with Crippen LogP contribution in [0, 0.1) is 0 Å². The first-order chi connectivity index (χ1) is 20.3. The molecule has 1 aromatic heterocycles. The Hall–Kier alpha value is -4.07. The van der Waals surface area contributed by atoms with Crippen molar-refractivity contribution in [3.05, 3.63) is 125 Å². The van der Waals surface area contributed by atoms with E-state index in [0.29, 0.717) is 28.8 Å². The highest BCUT2D eigenvalue weighted by Gasteiger charge is 2.35. The largest absolute Gasteiger partial charge is 0.508 e. The first-order valence-electron chi connectivity index (χ1n) is 14.4. The van der Waals surface area contributed by atoms with Crippen LogP contribution in [-0.2, 0) is 6.54 Å². The molecule has 1 fully saturated rings. The maximum Gasteiger partial charge on any atom is 0.134 e. The second-order valence-electron chi connectivity index (χ2n) is 11.4. The van der Waals surface area contributed by atoms with Gasteiger partial charge in [-0.2, -0.15) is 0 Å². The summed E-state index contributed by atoms with van der Waals surface area (Å²) in [5.41, 5.74) is 7.83. The van der Waals surface area contributed by atoms with Crippen LogP contribution in [0.15, 0.2) is 103 Å². The number of nitrogens with zero attached hydrogens (tertiary/aromatic N) is 3. The van der Waals surface area contributed by atoms with E-state index in [4.69, 9.17) is 17.2 Å². The van der Waals surface area contributed by atoms with E-state index in [-0.39, 0.29) is 5.76 Å². The molecule has 2 aliphatic rings. The summed E-state index contributed by atoms with van der Waals surface area (Å²) in [6.45, 7) is 8.36. The van der Waals surface area contributed by atoms with Crippen LogP contribution < -0.4 is 0 Å². The number of aromatic amines is 1. The van der Waals surface area contributed by atoms with Crippen molar-refractivity contribution in [2.45, 2.75) is 38.3 Å². The highest BCUT2D eigenvalue weighted by molar-refractivity contribution is 7.80. The van der Waals surface area contributed by atoms with Crippen LogP contribution in [0.3, 0.4) is 0 Å². The second-order valence-corrected chi connectivity index (χ2v) is 11.8. The lowest BCUT2D eigenvalue weighted by molar-refractivity contribution is 0.255. The van der Waals surface area contributed by atoms with Crippen LogP contribution in [0.25, 0.3) is 22.2 Å². The molecule has 2 aliphatic heterocycles. The number of benzene rings is 3. The van der Waals surface area contributed by atoms with Crippen LogP contribution in [0.5, 0.6) is 0 Å². The fourth-order valence-electron chi connectivity index (χ4n) is 6.04. The van der Waals surface area contributed by atoms with E-state index in [1.165, 1.54) is 37.5 Å². The zero-order valence-corrected chi connectivity index (χ0v) is 24.8. The first kappa shape index (κ1) is 28.1. The smallest absolute Gasteiger partial charge is 0.134 e. The Morgan fingerprint density at radius 3 is 2.50 bits per heavy atom. The number of rotatable bonds is 7. The maximum absolute atomic E-state index is 13.5. The van der Waals surface area contributed by atoms with Crippen molar-refractivity contribution in [3.63, 3.8) is 0 Å². The average molecular weight is 579 g/mol. The number of para-hydroxylation sites is 2. The van der Waals surface area contributed by atoms with Gasteiger partial charge >= 0.3 is 0 Å². The molecule has 0 radical (unpaired) electrons.